The van der Waals surface area contributed by atoms with E-state index in [2.05, 4.69) is 12.2 Å². The van der Waals surface area contributed by atoms with E-state index in [1.54, 1.807) is 0 Å². The highest BCUT2D eigenvalue weighted by Crippen LogP contribution is 2.00. The molecule has 0 aromatic carbocycles. The average Bonchev–Trinajstić information content (AvgIpc) is 2.14. The largest absolute Gasteiger partial charge is 0.392 e. The van der Waals surface area contributed by atoms with E-state index in [0.717, 1.165) is 25.7 Å². The lowest BCUT2D eigenvalue weighted by atomic mass is 10.1. The molecule has 1 atom stereocenters. The molecule has 0 radical (unpaired) electrons. The average molecular weight is 216 g/mol. The minimum absolute atomic E-state index is 0.0538. The molecule has 82 valence electrons. The summed E-state index contributed by atoms with van der Waals surface area (Å²) in [6.07, 6.45) is 4.50. The van der Waals surface area contributed by atoms with Gasteiger partial charge in [0.15, 0.2) is 0 Å². The van der Waals surface area contributed by atoms with Gasteiger partial charge >= 0.3 is 0 Å². The highest BCUT2D eigenvalue weighted by Gasteiger charge is 2.11. The molecule has 0 aliphatic heterocycles. The first kappa shape index (κ1) is 13.4. The molecule has 14 heavy (non-hydrogen) atoms. The first-order valence-corrected chi connectivity index (χ1v) is 5.61. The zero-order chi connectivity index (χ0) is 11.0. The van der Waals surface area contributed by atoms with Crippen molar-refractivity contribution in [1.82, 2.24) is 5.32 Å². The van der Waals surface area contributed by atoms with Crippen LogP contribution in [0.15, 0.2) is 0 Å². The second kappa shape index (κ2) is 7.74. The van der Waals surface area contributed by atoms with Gasteiger partial charge < -0.3 is 11.1 Å². The SMILES string of the molecule is CCCCCC(=O)NC(CC)C(N)=S. The Labute approximate surface area is 91.4 Å². The molecule has 3 N–H and O–H groups in total. The van der Waals surface area contributed by atoms with Crippen LogP contribution in [-0.4, -0.2) is 16.9 Å². The standard InChI is InChI=1S/C10H20N2OS/c1-3-5-6-7-9(13)12-8(4-2)10(11)14/h8H,3-7H2,1-2H3,(H2,11,14)(H,12,13). The number of nitrogens with two attached hydrogens (primary N) is 1. The Hall–Kier alpha value is -0.640. The molecule has 0 aromatic rings. The maximum absolute atomic E-state index is 11.4. The fraction of sp³-hybridized carbons (Fsp3) is 0.800. The molecule has 0 rings (SSSR count). The summed E-state index contributed by atoms with van der Waals surface area (Å²) in [6.45, 7) is 4.07. The third-order valence-electron chi connectivity index (χ3n) is 2.09. The minimum Gasteiger partial charge on any atom is -0.392 e. The van der Waals surface area contributed by atoms with E-state index in [-0.39, 0.29) is 11.9 Å². The first-order chi connectivity index (χ1) is 6.61. The molecule has 1 amide bonds. The Bertz CT molecular complexity index is 195. The molecule has 0 spiro atoms. The molecule has 0 aliphatic carbocycles. The second-order valence-electron chi connectivity index (χ2n) is 3.39. The van der Waals surface area contributed by atoms with Gasteiger partial charge in [-0.25, -0.2) is 0 Å². The summed E-state index contributed by atoms with van der Waals surface area (Å²) < 4.78 is 0. The number of hydrogen-bond acceptors (Lipinski definition) is 2. The Kier molecular flexibility index (Phi) is 7.38. The topological polar surface area (TPSA) is 55.1 Å². The number of amides is 1. The number of nitrogens with one attached hydrogen (secondary N) is 1. The van der Waals surface area contributed by atoms with E-state index in [0.29, 0.717) is 11.4 Å². The monoisotopic (exact) mass is 216 g/mol. The summed E-state index contributed by atoms with van der Waals surface area (Å²) in [7, 11) is 0. The molecule has 0 bridgehead atoms. The maximum atomic E-state index is 11.4. The summed E-state index contributed by atoms with van der Waals surface area (Å²) >= 11 is 4.83. The summed E-state index contributed by atoms with van der Waals surface area (Å²) in [5.74, 6) is 0.0538. The van der Waals surface area contributed by atoms with Gasteiger partial charge in [-0.3, -0.25) is 4.79 Å². The lowest BCUT2D eigenvalue weighted by molar-refractivity contribution is -0.121. The van der Waals surface area contributed by atoms with Crippen molar-refractivity contribution >= 4 is 23.1 Å². The van der Waals surface area contributed by atoms with Gasteiger partial charge in [0.2, 0.25) is 5.91 Å². The van der Waals surface area contributed by atoms with Gasteiger partial charge in [0.05, 0.1) is 11.0 Å². The van der Waals surface area contributed by atoms with Crippen LogP contribution in [0.1, 0.15) is 46.0 Å². The molecule has 1 unspecified atom stereocenters. The molecule has 0 saturated heterocycles. The molecule has 4 heteroatoms. The van der Waals surface area contributed by atoms with Crippen LogP contribution in [0.4, 0.5) is 0 Å². The van der Waals surface area contributed by atoms with Crippen molar-refractivity contribution in [2.75, 3.05) is 0 Å². The summed E-state index contributed by atoms with van der Waals surface area (Å²) in [5, 5.41) is 2.82. The van der Waals surface area contributed by atoms with Crippen LogP contribution < -0.4 is 11.1 Å². The van der Waals surface area contributed by atoms with Crippen LogP contribution in [0.25, 0.3) is 0 Å². The summed E-state index contributed by atoms with van der Waals surface area (Å²) in [4.78, 5) is 11.7. The van der Waals surface area contributed by atoms with Gasteiger partial charge in [0.1, 0.15) is 0 Å². The van der Waals surface area contributed by atoms with Crippen LogP contribution in [0.5, 0.6) is 0 Å². The molecular formula is C10H20N2OS. The summed E-state index contributed by atoms with van der Waals surface area (Å²) in [6, 6.07) is -0.140. The van der Waals surface area contributed by atoms with Crippen LogP contribution in [0.2, 0.25) is 0 Å². The van der Waals surface area contributed by atoms with E-state index in [1.807, 2.05) is 6.92 Å². The highest BCUT2D eigenvalue weighted by atomic mass is 32.1. The van der Waals surface area contributed by atoms with Crippen LogP contribution in [0, 0.1) is 0 Å². The number of rotatable bonds is 7. The van der Waals surface area contributed by atoms with Gasteiger partial charge in [-0.05, 0) is 12.8 Å². The highest BCUT2D eigenvalue weighted by molar-refractivity contribution is 7.80. The van der Waals surface area contributed by atoms with Gasteiger partial charge in [0.25, 0.3) is 0 Å². The predicted octanol–water partition coefficient (Wildman–Crippen LogP) is 1.75. The van der Waals surface area contributed by atoms with Crippen molar-refractivity contribution in [1.29, 1.82) is 0 Å². The fourth-order valence-corrected chi connectivity index (χ4v) is 1.40. The lowest BCUT2D eigenvalue weighted by Crippen LogP contribution is -2.42. The minimum atomic E-state index is -0.140. The van der Waals surface area contributed by atoms with Crippen LogP contribution >= 0.6 is 12.2 Å². The molecule has 0 fully saturated rings. The number of thiocarbonyl (C=S) groups is 1. The Morgan fingerprint density at radius 1 is 1.43 bits per heavy atom. The molecule has 0 saturated carbocycles. The number of carbonyl (C=O) groups excluding carboxylic acids is 1. The zero-order valence-electron chi connectivity index (χ0n) is 9.01. The van der Waals surface area contributed by atoms with E-state index in [9.17, 15) is 4.79 Å². The van der Waals surface area contributed by atoms with Crippen LogP contribution in [-0.2, 0) is 4.79 Å². The predicted molar refractivity (Wildman–Crippen MR) is 63.1 cm³/mol. The van der Waals surface area contributed by atoms with E-state index < -0.39 is 0 Å². The van der Waals surface area contributed by atoms with Crippen molar-refractivity contribution in [2.24, 2.45) is 5.73 Å². The quantitative estimate of drug-likeness (QED) is 0.503. The molecule has 0 heterocycles. The van der Waals surface area contributed by atoms with Gasteiger partial charge in [-0.15, -0.1) is 0 Å². The number of carbonyl (C=O) groups is 1. The molecule has 0 aliphatic rings. The number of unbranched alkanes of at least 4 members (excludes halogenated alkanes) is 2. The van der Waals surface area contributed by atoms with Crippen molar-refractivity contribution in [3.63, 3.8) is 0 Å². The maximum Gasteiger partial charge on any atom is 0.220 e. The Balaban J connectivity index is 3.74. The normalized spacial score (nSPS) is 12.1. The Morgan fingerprint density at radius 2 is 2.07 bits per heavy atom. The molecule has 3 nitrogen and oxygen atoms in total. The van der Waals surface area contributed by atoms with Crippen molar-refractivity contribution in [2.45, 2.75) is 52.0 Å². The van der Waals surface area contributed by atoms with E-state index in [1.165, 1.54) is 0 Å². The first-order valence-electron chi connectivity index (χ1n) is 5.20. The van der Waals surface area contributed by atoms with Gasteiger partial charge in [-0.1, -0.05) is 38.9 Å². The van der Waals surface area contributed by atoms with E-state index in [4.69, 9.17) is 18.0 Å². The lowest BCUT2D eigenvalue weighted by Gasteiger charge is -2.14. The zero-order valence-corrected chi connectivity index (χ0v) is 9.82. The third-order valence-corrected chi connectivity index (χ3v) is 2.38. The smallest absolute Gasteiger partial charge is 0.220 e. The van der Waals surface area contributed by atoms with Gasteiger partial charge in [0, 0.05) is 6.42 Å². The third kappa shape index (κ3) is 5.91. The van der Waals surface area contributed by atoms with Crippen LogP contribution in [0.3, 0.4) is 0 Å². The summed E-state index contributed by atoms with van der Waals surface area (Å²) in [5.41, 5.74) is 5.47. The molecular weight excluding hydrogens is 196 g/mol. The second-order valence-corrected chi connectivity index (χ2v) is 3.86. The van der Waals surface area contributed by atoms with E-state index >= 15 is 0 Å². The Morgan fingerprint density at radius 3 is 2.50 bits per heavy atom. The van der Waals surface area contributed by atoms with Crippen molar-refractivity contribution in [3.8, 4) is 0 Å². The fourth-order valence-electron chi connectivity index (χ4n) is 1.18. The molecule has 0 aromatic heterocycles. The van der Waals surface area contributed by atoms with Gasteiger partial charge in [-0.2, -0.15) is 0 Å². The van der Waals surface area contributed by atoms with Crippen molar-refractivity contribution < 1.29 is 4.79 Å². The number of hydrogen-bond donors (Lipinski definition) is 2. The van der Waals surface area contributed by atoms with Crippen molar-refractivity contribution in [3.05, 3.63) is 0 Å².